The summed E-state index contributed by atoms with van der Waals surface area (Å²) in [6.07, 6.45) is 5.33. The maximum atomic E-state index is 14.5. The standard InChI is InChI=1S/C33H42BrN3O8/c1-20(2)36-15-9-5-8-14-24(39)35-23(19-43-3)27(21-12-6-4-7-13-21)44-32(42)25-26-30(40)37(16-10-11-17-38)29(31(36)41)33(26)18-22(34)28(25)45-33/h4-7,9,12-13,18,20,23,25-29,38H,8,10-11,14-17,19H2,1-3H3,(H,35,39)/b9-5-/t23-,25+,26-,27-,28+,29+,33-/m0/s1. The molecule has 4 aliphatic heterocycles. The number of hydrogen-bond donors (Lipinski definition) is 2. The number of aliphatic hydroxyl groups is 1. The van der Waals surface area contributed by atoms with Crippen molar-refractivity contribution in [1.82, 2.24) is 15.1 Å². The summed E-state index contributed by atoms with van der Waals surface area (Å²) >= 11 is 3.58. The van der Waals surface area contributed by atoms with Gasteiger partial charge in [0.15, 0.2) is 0 Å². The van der Waals surface area contributed by atoms with Crippen LogP contribution in [0.2, 0.25) is 0 Å². The molecule has 0 saturated carbocycles. The van der Waals surface area contributed by atoms with Crippen LogP contribution in [0.4, 0.5) is 0 Å². The highest BCUT2D eigenvalue weighted by Crippen LogP contribution is 2.59. The molecule has 1 aromatic rings. The minimum atomic E-state index is -1.38. The second-order valence-corrected chi connectivity index (χ2v) is 13.2. The van der Waals surface area contributed by atoms with E-state index in [2.05, 4.69) is 21.2 Å². The average Bonchev–Trinajstić information content (AvgIpc) is 3.60. The molecule has 2 fully saturated rings. The lowest BCUT2D eigenvalue weighted by atomic mass is 9.74. The summed E-state index contributed by atoms with van der Waals surface area (Å²) in [4.78, 5) is 59.4. The smallest absolute Gasteiger partial charge is 0.313 e. The third-order valence-corrected chi connectivity index (χ3v) is 9.76. The van der Waals surface area contributed by atoms with Gasteiger partial charge in [-0.1, -0.05) is 58.4 Å². The molecule has 11 nitrogen and oxygen atoms in total. The van der Waals surface area contributed by atoms with Crippen LogP contribution in [0.1, 0.15) is 51.2 Å². The molecule has 0 aliphatic carbocycles. The molecule has 0 radical (unpaired) electrons. The van der Waals surface area contributed by atoms with E-state index in [0.29, 0.717) is 29.3 Å². The van der Waals surface area contributed by atoms with Gasteiger partial charge in [0.25, 0.3) is 0 Å². The second kappa shape index (κ2) is 14.1. The number of esters is 1. The first-order valence-corrected chi connectivity index (χ1v) is 16.4. The number of ether oxygens (including phenoxy) is 3. The van der Waals surface area contributed by atoms with Crippen LogP contribution in [0.15, 0.2) is 53.0 Å². The Hall–Kier alpha value is -3.06. The van der Waals surface area contributed by atoms with Crippen LogP contribution >= 0.6 is 15.9 Å². The van der Waals surface area contributed by atoms with Crippen LogP contribution in [-0.4, -0.2) is 102 Å². The van der Waals surface area contributed by atoms with Crippen molar-refractivity contribution in [3.63, 3.8) is 0 Å². The van der Waals surface area contributed by atoms with E-state index in [0.717, 1.165) is 0 Å². The number of carbonyl (C=O) groups is 4. The molecule has 7 atom stereocenters. The Morgan fingerprint density at radius 1 is 1.09 bits per heavy atom. The normalized spacial score (nSPS) is 32.9. The topological polar surface area (TPSA) is 135 Å². The first-order valence-electron chi connectivity index (χ1n) is 15.6. The maximum absolute atomic E-state index is 14.5. The predicted octanol–water partition coefficient (Wildman–Crippen LogP) is 2.63. The highest BCUT2D eigenvalue weighted by molar-refractivity contribution is 9.11. The van der Waals surface area contributed by atoms with Crippen molar-refractivity contribution in [2.75, 3.05) is 33.4 Å². The Morgan fingerprint density at radius 3 is 2.53 bits per heavy atom. The number of amides is 3. The van der Waals surface area contributed by atoms with Gasteiger partial charge in [-0.15, -0.1) is 0 Å². The molecule has 45 heavy (non-hydrogen) atoms. The molecule has 0 unspecified atom stereocenters. The summed E-state index contributed by atoms with van der Waals surface area (Å²) in [7, 11) is 1.51. The fourth-order valence-corrected chi connectivity index (χ4v) is 7.76. The molecule has 244 valence electrons. The van der Waals surface area contributed by atoms with E-state index in [9.17, 15) is 24.3 Å². The first kappa shape index (κ1) is 33.3. The molecule has 1 aromatic carbocycles. The number of allylic oxidation sites excluding steroid dienone is 1. The van der Waals surface area contributed by atoms with E-state index in [1.54, 1.807) is 11.0 Å². The van der Waals surface area contributed by atoms with E-state index >= 15 is 0 Å². The van der Waals surface area contributed by atoms with Gasteiger partial charge in [0.1, 0.15) is 29.8 Å². The summed E-state index contributed by atoms with van der Waals surface area (Å²) in [5.74, 6) is -3.57. The summed E-state index contributed by atoms with van der Waals surface area (Å²) in [6, 6.07) is 7.18. The number of likely N-dealkylation sites (tertiary alicyclic amines) is 1. The van der Waals surface area contributed by atoms with E-state index < -0.39 is 47.7 Å². The fourth-order valence-electron chi connectivity index (χ4n) is 7.02. The summed E-state index contributed by atoms with van der Waals surface area (Å²) in [5.41, 5.74) is -0.725. The van der Waals surface area contributed by atoms with Crippen LogP contribution < -0.4 is 5.32 Å². The zero-order chi connectivity index (χ0) is 32.3. The fraction of sp³-hybridized carbons (Fsp3) is 0.576. The Kier molecular flexibility index (Phi) is 10.5. The number of unbranched alkanes of at least 4 members (excludes halogenated alkanes) is 1. The zero-order valence-electron chi connectivity index (χ0n) is 25.9. The van der Waals surface area contributed by atoms with Gasteiger partial charge in [0.05, 0.1) is 18.6 Å². The van der Waals surface area contributed by atoms with Crippen molar-refractivity contribution >= 4 is 39.6 Å². The summed E-state index contributed by atoms with van der Waals surface area (Å²) in [5, 5.41) is 12.4. The molecule has 5 bridgehead atoms. The molecule has 1 spiro atoms. The van der Waals surface area contributed by atoms with Crippen LogP contribution in [0.5, 0.6) is 0 Å². The van der Waals surface area contributed by atoms with Crippen molar-refractivity contribution in [3.05, 3.63) is 58.6 Å². The molecule has 3 amide bonds. The van der Waals surface area contributed by atoms with Gasteiger partial charge >= 0.3 is 5.97 Å². The number of nitrogens with zero attached hydrogens (tertiary/aromatic N) is 2. The quantitative estimate of drug-likeness (QED) is 0.242. The monoisotopic (exact) mass is 687 g/mol. The van der Waals surface area contributed by atoms with E-state index in [-0.39, 0.29) is 56.5 Å². The Balaban J connectivity index is 1.61. The highest BCUT2D eigenvalue weighted by Gasteiger charge is 2.75. The van der Waals surface area contributed by atoms with Crippen LogP contribution in [0, 0.1) is 11.8 Å². The third-order valence-electron chi connectivity index (χ3n) is 9.08. The van der Waals surface area contributed by atoms with E-state index in [1.165, 1.54) is 12.0 Å². The highest BCUT2D eigenvalue weighted by atomic mass is 79.9. The average molecular weight is 689 g/mol. The largest absolute Gasteiger partial charge is 0.455 e. The number of methoxy groups -OCH3 is 1. The lowest BCUT2D eigenvalue weighted by Crippen LogP contribution is -2.57. The van der Waals surface area contributed by atoms with Gasteiger partial charge in [-0.05, 0) is 44.7 Å². The molecule has 4 aliphatic rings. The minimum Gasteiger partial charge on any atom is -0.455 e. The maximum Gasteiger partial charge on any atom is 0.313 e. The lowest BCUT2D eigenvalue weighted by Gasteiger charge is -2.37. The van der Waals surface area contributed by atoms with Gasteiger partial charge in [0, 0.05) is 43.8 Å². The predicted molar refractivity (Wildman–Crippen MR) is 168 cm³/mol. The number of halogens is 1. The van der Waals surface area contributed by atoms with Crippen LogP contribution in [0.25, 0.3) is 0 Å². The molecule has 5 rings (SSSR count). The number of fused-ring (bicyclic) bond motifs is 2. The summed E-state index contributed by atoms with van der Waals surface area (Å²) in [6.45, 7) is 4.34. The SMILES string of the molecule is COC[C@@H]1NC(=O)CC/C=C\CN(C(C)C)C(=O)[C@H]2N(CCCCO)C(=O)[C@@H]3[C@@H](C(=O)O[C@H]1c1ccccc1)[C@@H]1O[C@@]32C=C1Br. The molecular formula is C33H42BrN3O8. The zero-order valence-corrected chi connectivity index (χ0v) is 27.5. The van der Waals surface area contributed by atoms with Crippen molar-refractivity contribution in [3.8, 4) is 0 Å². The minimum absolute atomic E-state index is 0.0445. The Morgan fingerprint density at radius 2 is 1.84 bits per heavy atom. The Bertz CT molecular complexity index is 1340. The first-order chi connectivity index (χ1) is 21.6. The van der Waals surface area contributed by atoms with Crippen molar-refractivity contribution in [2.24, 2.45) is 11.8 Å². The van der Waals surface area contributed by atoms with Gasteiger partial charge in [-0.3, -0.25) is 19.2 Å². The van der Waals surface area contributed by atoms with Gasteiger partial charge < -0.3 is 34.4 Å². The number of carbonyl (C=O) groups excluding carboxylic acids is 4. The van der Waals surface area contributed by atoms with Crippen molar-refractivity contribution < 1.29 is 38.5 Å². The van der Waals surface area contributed by atoms with E-state index in [1.807, 2.05) is 56.3 Å². The van der Waals surface area contributed by atoms with Gasteiger partial charge in [-0.25, -0.2) is 0 Å². The van der Waals surface area contributed by atoms with Gasteiger partial charge in [0.2, 0.25) is 17.7 Å². The molecule has 2 saturated heterocycles. The van der Waals surface area contributed by atoms with Crippen molar-refractivity contribution in [2.45, 2.75) is 75.5 Å². The van der Waals surface area contributed by atoms with Crippen LogP contribution in [0.3, 0.4) is 0 Å². The van der Waals surface area contributed by atoms with Gasteiger partial charge in [-0.2, -0.15) is 0 Å². The lowest BCUT2D eigenvalue weighted by molar-refractivity contribution is -0.162. The van der Waals surface area contributed by atoms with E-state index in [4.69, 9.17) is 14.2 Å². The molecule has 12 heteroatoms. The molecular weight excluding hydrogens is 646 g/mol. The molecule has 2 N–H and O–H groups in total. The number of hydrogen-bond acceptors (Lipinski definition) is 8. The number of rotatable bonds is 8. The number of benzene rings is 1. The number of nitrogens with one attached hydrogen (secondary N) is 1. The Labute approximate surface area is 272 Å². The number of aliphatic hydroxyl groups excluding tert-OH is 1. The second-order valence-electron chi connectivity index (χ2n) is 12.3. The van der Waals surface area contributed by atoms with Crippen molar-refractivity contribution in [1.29, 1.82) is 0 Å². The number of cyclic esters (lactones) is 1. The van der Waals surface area contributed by atoms with Crippen LogP contribution in [-0.2, 0) is 33.4 Å². The molecule has 0 aromatic heterocycles. The molecule has 4 heterocycles. The third kappa shape index (κ3) is 6.34. The summed E-state index contributed by atoms with van der Waals surface area (Å²) < 4.78 is 18.8.